The summed E-state index contributed by atoms with van der Waals surface area (Å²) in [6, 6.07) is 5.16. The van der Waals surface area contributed by atoms with Crippen LogP contribution in [0.15, 0.2) is 12.1 Å². The van der Waals surface area contributed by atoms with Crippen LogP contribution in [0, 0.1) is 0 Å². The van der Waals surface area contributed by atoms with Gasteiger partial charge in [0.25, 0.3) is 0 Å². The van der Waals surface area contributed by atoms with Gasteiger partial charge in [0, 0.05) is 44.3 Å². The average Bonchev–Trinajstić information content (AvgIpc) is 2.58. The topological polar surface area (TPSA) is 24.9 Å². The number of benzene rings is 1. The van der Waals surface area contributed by atoms with Crippen molar-refractivity contribution in [3.8, 4) is 11.5 Å². The minimum atomic E-state index is 0.385. The molecule has 4 nitrogen and oxygen atoms in total. The zero-order valence-corrected chi connectivity index (χ0v) is 16.4. The number of nitrogens with zero attached hydrogens (tertiary/aromatic N) is 2. The van der Waals surface area contributed by atoms with Crippen molar-refractivity contribution in [3.63, 3.8) is 0 Å². The number of hydrogen-bond donors (Lipinski definition) is 0. The van der Waals surface area contributed by atoms with Crippen LogP contribution in [0.2, 0.25) is 0 Å². The molecule has 1 aliphatic heterocycles. The highest BCUT2D eigenvalue weighted by Crippen LogP contribution is 2.38. The first-order valence-electron chi connectivity index (χ1n) is 9.84. The molecule has 0 atom stereocenters. The van der Waals surface area contributed by atoms with Crippen molar-refractivity contribution >= 4 is 0 Å². The molecule has 1 heterocycles. The Hall–Kier alpha value is -1.26. The van der Waals surface area contributed by atoms with Crippen molar-refractivity contribution in [2.24, 2.45) is 0 Å². The second kappa shape index (κ2) is 8.41. The lowest BCUT2D eigenvalue weighted by atomic mass is 9.91. The molecular weight excluding hydrogens is 312 g/mol. The van der Waals surface area contributed by atoms with Crippen LogP contribution in [-0.4, -0.2) is 62.8 Å². The predicted molar refractivity (Wildman–Crippen MR) is 103 cm³/mol. The molecule has 0 aromatic heterocycles. The van der Waals surface area contributed by atoms with Crippen molar-refractivity contribution in [1.29, 1.82) is 0 Å². The molecule has 1 aromatic carbocycles. The fourth-order valence-electron chi connectivity index (χ4n) is 4.17. The van der Waals surface area contributed by atoms with Crippen LogP contribution in [0.25, 0.3) is 0 Å². The molecular formula is C21H34N2O2. The Labute approximate surface area is 153 Å². The molecule has 4 heteroatoms. The largest absolute Gasteiger partial charge is 0.496 e. The maximum absolute atomic E-state index is 5.78. The second-order valence-corrected chi connectivity index (χ2v) is 7.74. The first-order chi connectivity index (χ1) is 12.1. The fraction of sp³-hybridized carbons (Fsp3) is 0.714. The van der Waals surface area contributed by atoms with Gasteiger partial charge in [-0.25, -0.2) is 0 Å². The van der Waals surface area contributed by atoms with E-state index in [1.54, 1.807) is 14.2 Å². The predicted octanol–water partition coefficient (Wildman–Crippen LogP) is 3.54. The standard InChI is InChI=1S/C21H34N2O2/c1-16(2)20-19(24-3)9-8-17(21(20)25-4)10-11-22-12-14-23(15-13-22)18-6-5-7-18/h8-9,16,18H,5-7,10-15H2,1-4H3. The van der Waals surface area contributed by atoms with Gasteiger partial charge in [-0.15, -0.1) is 0 Å². The van der Waals surface area contributed by atoms with E-state index in [4.69, 9.17) is 9.47 Å². The lowest BCUT2D eigenvalue weighted by molar-refractivity contribution is 0.0622. The first-order valence-corrected chi connectivity index (χ1v) is 9.84. The van der Waals surface area contributed by atoms with E-state index in [2.05, 4.69) is 35.8 Å². The highest BCUT2D eigenvalue weighted by Gasteiger charge is 2.27. The number of ether oxygens (including phenoxy) is 2. The van der Waals surface area contributed by atoms with Crippen molar-refractivity contribution in [2.75, 3.05) is 46.9 Å². The van der Waals surface area contributed by atoms with Crippen molar-refractivity contribution in [3.05, 3.63) is 23.3 Å². The molecule has 1 aromatic rings. The molecule has 25 heavy (non-hydrogen) atoms. The van der Waals surface area contributed by atoms with Crippen LogP contribution < -0.4 is 9.47 Å². The van der Waals surface area contributed by atoms with Crippen LogP contribution in [0.1, 0.15) is 50.2 Å². The van der Waals surface area contributed by atoms with Gasteiger partial charge in [-0.05, 0) is 36.8 Å². The third-order valence-corrected chi connectivity index (χ3v) is 5.93. The fourth-order valence-corrected chi connectivity index (χ4v) is 4.17. The molecule has 3 rings (SSSR count). The summed E-state index contributed by atoms with van der Waals surface area (Å²) in [6.07, 6.45) is 5.30. The van der Waals surface area contributed by atoms with E-state index < -0.39 is 0 Å². The maximum atomic E-state index is 5.78. The van der Waals surface area contributed by atoms with Gasteiger partial charge in [-0.1, -0.05) is 26.3 Å². The second-order valence-electron chi connectivity index (χ2n) is 7.74. The van der Waals surface area contributed by atoms with Crippen LogP contribution in [0.3, 0.4) is 0 Å². The average molecular weight is 347 g/mol. The Morgan fingerprint density at radius 3 is 2.28 bits per heavy atom. The van der Waals surface area contributed by atoms with Gasteiger partial charge in [0.2, 0.25) is 0 Å². The summed E-state index contributed by atoms with van der Waals surface area (Å²) in [7, 11) is 3.52. The lowest BCUT2D eigenvalue weighted by Gasteiger charge is -2.43. The minimum absolute atomic E-state index is 0.385. The summed E-state index contributed by atoms with van der Waals surface area (Å²) >= 11 is 0. The Morgan fingerprint density at radius 2 is 1.76 bits per heavy atom. The van der Waals surface area contributed by atoms with Crippen LogP contribution in [0.5, 0.6) is 11.5 Å². The Morgan fingerprint density at radius 1 is 1.04 bits per heavy atom. The summed E-state index contributed by atoms with van der Waals surface area (Å²) in [4.78, 5) is 5.30. The van der Waals surface area contributed by atoms with Crippen LogP contribution in [0.4, 0.5) is 0 Å². The third-order valence-electron chi connectivity index (χ3n) is 5.93. The molecule has 1 aliphatic carbocycles. The monoisotopic (exact) mass is 346 g/mol. The van der Waals surface area contributed by atoms with Crippen molar-refractivity contribution < 1.29 is 9.47 Å². The van der Waals surface area contributed by atoms with Gasteiger partial charge < -0.3 is 14.4 Å². The summed E-state index contributed by atoms with van der Waals surface area (Å²) in [5, 5.41) is 0. The number of methoxy groups -OCH3 is 2. The first kappa shape index (κ1) is 18.5. The van der Waals surface area contributed by atoms with Crippen molar-refractivity contribution in [1.82, 2.24) is 9.80 Å². The molecule has 0 amide bonds. The molecule has 2 fully saturated rings. The zero-order chi connectivity index (χ0) is 17.8. The quantitative estimate of drug-likeness (QED) is 0.754. The summed E-state index contributed by atoms with van der Waals surface area (Å²) in [5.41, 5.74) is 2.49. The normalized spacial score (nSPS) is 19.9. The molecule has 1 saturated carbocycles. The van der Waals surface area contributed by atoms with Gasteiger partial charge in [-0.3, -0.25) is 4.90 Å². The van der Waals surface area contributed by atoms with E-state index in [0.29, 0.717) is 5.92 Å². The third kappa shape index (κ3) is 4.12. The number of piperazine rings is 1. The molecule has 0 bridgehead atoms. The summed E-state index contributed by atoms with van der Waals surface area (Å²) in [6.45, 7) is 10.4. The SMILES string of the molecule is COc1ccc(CCN2CCN(C3CCC3)CC2)c(OC)c1C(C)C. The smallest absolute Gasteiger partial charge is 0.129 e. The molecule has 2 aliphatic rings. The van der Waals surface area contributed by atoms with E-state index >= 15 is 0 Å². The van der Waals surface area contributed by atoms with E-state index in [1.165, 1.54) is 56.6 Å². The van der Waals surface area contributed by atoms with E-state index in [9.17, 15) is 0 Å². The lowest BCUT2D eigenvalue weighted by Crippen LogP contribution is -2.52. The van der Waals surface area contributed by atoms with Gasteiger partial charge in [0.1, 0.15) is 11.5 Å². The van der Waals surface area contributed by atoms with E-state index in [-0.39, 0.29) is 0 Å². The van der Waals surface area contributed by atoms with Crippen LogP contribution in [-0.2, 0) is 6.42 Å². The molecule has 0 radical (unpaired) electrons. The molecule has 0 unspecified atom stereocenters. The highest BCUT2D eigenvalue weighted by atomic mass is 16.5. The molecule has 0 N–H and O–H groups in total. The minimum Gasteiger partial charge on any atom is -0.496 e. The summed E-state index contributed by atoms with van der Waals surface area (Å²) in [5.74, 6) is 2.34. The molecule has 140 valence electrons. The number of rotatable bonds is 7. The Balaban J connectivity index is 1.60. The van der Waals surface area contributed by atoms with E-state index in [0.717, 1.165) is 30.5 Å². The zero-order valence-electron chi connectivity index (χ0n) is 16.4. The Kier molecular flexibility index (Phi) is 6.24. The van der Waals surface area contributed by atoms with Crippen molar-refractivity contribution in [2.45, 2.75) is 51.5 Å². The molecule has 0 spiro atoms. The van der Waals surface area contributed by atoms with Gasteiger partial charge in [0.05, 0.1) is 14.2 Å². The van der Waals surface area contributed by atoms with Crippen LogP contribution >= 0.6 is 0 Å². The van der Waals surface area contributed by atoms with Gasteiger partial charge >= 0.3 is 0 Å². The molecule has 1 saturated heterocycles. The van der Waals surface area contributed by atoms with Gasteiger partial charge in [-0.2, -0.15) is 0 Å². The highest BCUT2D eigenvalue weighted by molar-refractivity contribution is 5.52. The Bertz CT molecular complexity index is 561. The summed E-state index contributed by atoms with van der Waals surface area (Å²) < 4.78 is 11.3. The maximum Gasteiger partial charge on any atom is 0.129 e. The van der Waals surface area contributed by atoms with E-state index in [1.807, 2.05) is 0 Å². The number of hydrogen-bond acceptors (Lipinski definition) is 4. The van der Waals surface area contributed by atoms with Gasteiger partial charge in [0.15, 0.2) is 0 Å².